The van der Waals surface area contributed by atoms with Crippen LogP contribution in [0.4, 0.5) is 4.39 Å². The fraction of sp³-hybridized carbons (Fsp3) is 0.136. The van der Waals surface area contributed by atoms with Crippen molar-refractivity contribution in [1.29, 1.82) is 0 Å². The zero-order valence-electron chi connectivity index (χ0n) is 15.8. The number of hydrogen-bond donors (Lipinski definition) is 1. The Morgan fingerprint density at radius 3 is 2.50 bits per heavy atom. The van der Waals surface area contributed by atoms with Crippen molar-refractivity contribution >= 4 is 35.1 Å². The number of aliphatic carboxylic acids is 1. The van der Waals surface area contributed by atoms with Gasteiger partial charge >= 0.3 is 5.97 Å². The first kappa shape index (κ1) is 21.7. The van der Waals surface area contributed by atoms with Crippen molar-refractivity contribution in [3.05, 3.63) is 99.5 Å². The van der Waals surface area contributed by atoms with Crippen LogP contribution in [-0.2, 0) is 16.9 Å². The van der Waals surface area contributed by atoms with Crippen molar-refractivity contribution in [3.63, 3.8) is 0 Å². The first-order chi connectivity index (χ1) is 14.2. The third-order valence-electron chi connectivity index (χ3n) is 4.79. The molecule has 1 N–H and O–H groups in total. The summed E-state index contributed by atoms with van der Waals surface area (Å²) in [6.07, 6.45) is 3.09. The summed E-state index contributed by atoms with van der Waals surface area (Å²) in [4.78, 5) is 31.1. The summed E-state index contributed by atoms with van der Waals surface area (Å²) >= 11 is 12.3. The number of carbonyl (C=O) groups is 2. The van der Waals surface area contributed by atoms with Crippen LogP contribution in [-0.4, -0.2) is 26.9 Å². The first-order valence-corrected chi connectivity index (χ1v) is 9.64. The van der Waals surface area contributed by atoms with Gasteiger partial charge in [-0.1, -0.05) is 41.4 Å². The van der Waals surface area contributed by atoms with Crippen molar-refractivity contribution < 1.29 is 19.1 Å². The Hall–Kier alpha value is -2.96. The minimum atomic E-state index is -1.87. The van der Waals surface area contributed by atoms with Crippen LogP contribution in [0.2, 0.25) is 10.0 Å². The molecule has 0 saturated heterocycles. The maximum Gasteiger partial charge on any atom is 0.334 e. The number of aromatic nitrogens is 1. The Balaban J connectivity index is 2.19. The average Bonchev–Trinajstić information content (AvgIpc) is 2.71. The second-order valence-corrected chi connectivity index (χ2v) is 7.61. The van der Waals surface area contributed by atoms with E-state index in [-0.39, 0.29) is 22.7 Å². The van der Waals surface area contributed by atoms with Gasteiger partial charge in [0.15, 0.2) is 5.54 Å². The molecule has 0 fully saturated rings. The molecule has 3 rings (SSSR count). The molecule has 0 aliphatic heterocycles. The molecule has 0 aliphatic carbocycles. The molecular weight excluding hydrogens is 430 g/mol. The van der Waals surface area contributed by atoms with E-state index in [0.29, 0.717) is 10.6 Å². The number of nitrogens with zero attached hydrogens (tertiary/aromatic N) is 2. The average molecular weight is 447 g/mol. The number of carboxylic acid groups (broad SMARTS) is 1. The molecule has 1 heterocycles. The lowest BCUT2D eigenvalue weighted by Gasteiger charge is -2.39. The van der Waals surface area contributed by atoms with Gasteiger partial charge in [0.25, 0.3) is 5.91 Å². The number of carbonyl (C=O) groups excluding carboxylic acids is 1. The summed E-state index contributed by atoms with van der Waals surface area (Å²) in [5, 5.41) is 10.6. The lowest BCUT2D eigenvalue weighted by Crippen LogP contribution is -2.52. The Morgan fingerprint density at radius 1 is 1.13 bits per heavy atom. The van der Waals surface area contributed by atoms with Crippen LogP contribution in [0.3, 0.4) is 0 Å². The van der Waals surface area contributed by atoms with E-state index in [1.54, 1.807) is 18.3 Å². The quantitative estimate of drug-likeness (QED) is 0.566. The van der Waals surface area contributed by atoms with Crippen LogP contribution in [0, 0.1) is 5.82 Å². The number of amides is 1. The van der Waals surface area contributed by atoms with E-state index in [4.69, 9.17) is 23.2 Å². The van der Waals surface area contributed by atoms with Crippen LogP contribution in [0.25, 0.3) is 0 Å². The Kier molecular flexibility index (Phi) is 6.39. The fourth-order valence-corrected chi connectivity index (χ4v) is 3.74. The first-order valence-electron chi connectivity index (χ1n) is 8.89. The molecule has 8 heteroatoms. The van der Waals surface area contributed by atoms with Crippen LogP contribution in [0.15, 0.2) is 67.0 Å². The van der Waals surface area contributed by atoms with Gasteiger partial charge in [-0.25, -0.2) is 9.18 Å². The predicted molar refractivity (Wildman–Crippen MR) is 112 cm³/mol. The number of hydrogen-bond acceptors (Lipinski definition) is 3. The summed E-state index contributed by atoms with van der Waals surface area (Å²) in [5.41, 5.74) is -1.09. The second-order valence-electron chi connectivity index (χ2n) is 6.76. The molecule has 1 atom stereocenters. The maximum atomic E-state index is 13.8. The predicted octanol–water partition coefficient (Wildman–Crippen LogP) is 5.17. The maximum absolute atomic E-state index is 13.8. The molecular formula is C22H17Cl2FN2O3. The molecule has 1 amide bonds. The highest BCUT2D eigenvalue weighted by Gasteiger charge is 2.45. The van der Waals surface area contributed by atoms with E-state index in [0.717, 1.165) is 11.0 Å². The lowest BCUT2D eigenvalue weighted by atomic mass is 9.88. The molecule has 0 aliphatic rings. The summed E-state index contributed by atoms with van der Waals surface area (Å²) in [6, 6.07) is 12.8. The molecule has 30 heavy (non-hydrogen) atoms. The number of benzene rings is 2. The SMILES string of the molecule is CC(C(=O)O)(c1ccc(Cl)cc1Cl)N(Cc1cccnc1)C(=O)c1cccc(F)c1. The third-order valence-corrected chi connectivity index (χ3v) is 5.34. The molecule has 3 aromatic rings. The zero-order valence-corrected chi connectivity index (χ0v) is 17.4. The minimum absolute atomic E-state index is 0.0106. The summed E-state index contributed by atoms with van der Waals surface area (Å²) in [5.74, 6) is -2.58. The van der Waals surface area contributed by atoms with Crippen LogP contribution in [0.5, 0.6) is 0 Å². The van der Waals surface area contributed by atoms with Gasteiger partial charge in [-0.05, 0) is 48.9 Å². The van der Waals surface area contributed by atoms with Crippen molar-refractivity contribution in [2.45, 2.75) is 19.0 Å². The van der Waals surface area contributed by atoms with E-state index >= 15 is 0 Å². The van der Waals surface area contributed by atoms with E-state index in [1.807, 2.05) is 0 Å². The fourth-order valence-electron chi connectivity index (χ4n) is 3.14. The second kappa shape index (κ2) is 8.81. The van der Waals surface area contributed by atoms with E-state index in [2.05, 4.69) is 4.98 Å². The summed E-state index contributed by atoms with van der Waals surface area (Å²) in [7, 11) is 0. The summed E-state index contributed by atoms with van der Waals surface area (Å²) in [6.45, 7) is 1.28. The van der Waals surface area contributed by atoms with Gasteiger partial charge in [-0.2, -0.15) is 0 Å². The minimum Gasteiger partial charge on any atom is -0.479 e. The Morgan fingerprint density at radius 2 is 1.90 bits per heavy atom. The van der Waals surface area contributed by atoms with Gasteiger partial charge in [-0.15, -0.1) is 0 Å². The molecule has 2 aromatic carbocycles. The molecule has 1 aromatic heterocycles. The normalized spacial score (nSPS) is 12.8. The van der Waals surface area contributed by atoms with Crippen LogP contribution >= 0.6 is 23.2 Å². The van der Waals surface area contributed by atoms with Gasteiger partial charge < -0.3 is 10.0 Å². The van der Waals surface area contributed by atoms with Gasteiger partial charge in [-0.3, -0.25) is 9.78 Å². The third kappa shape index (κ3) is 4.30. The van der Waals surface area contributed by atoms with Crippen molar-refractivity contribution in [2.24, 2.45) is 0 Å². The van der Waals surface area contributed by atoms with Crippen molar-refractivity contribution in [2.75, 3.05) is 0 Å². The highest BCUT2D eigenvalue weighted by atomic mass is 35.5. The Labute approximate surface area is 182 Å². The summed E-state index contributed by atoms with van der Waals surface area (Å²) < 4.78 is 13.8. The monoisotopic (exact) mass is 446 g/mol. The standard InChI is InChI=1S/C22H17Cl2FN2O3/c1-22(21(29)30,18-8-7-16(23)11-19(18)24)27(13-14-4-3-9-26-12-14)20(28)15-5-2-6-17(25)10-15/h2-12H,13H2,1H3,(H,29,30). The lowest BCUT2D eigenvalue weighted by molar-refractivity contribution is -0.150. The van der Waals surface area contributed by atoms with Crippen molar-refractivity contribution in [3.8, 4) is 0 Å². The number of pyridine rings is 1. The van der Waals surface area contributed by atoms with Gasteiger partial charge in [0, 0.05) is 40.1 Å². The molecule has 5 nitrogen and oxygen atoms in total. The highest BCUT2D eigenvalue weighted by molar-refractivity contribution is 6.35. The zero-order chi connectivity index (χ0) is 21.9. The van der Waals surface area contributed by atoms with Gasteiger partial charge in [0.05, 0.1) is 0 Å². The molecule has 0 saturated carbocycles. The van der Waals surface area contributed by atoms with Crippen molar-refractivity contribution in [1.82, 2.24) is 9.88 Å². The molecule has 0 radical (unpaired) electrons. The topological polar surface area (TPSA) is 70.5 Å². The van der Waals surface area contributed by atoms with Crippen LogP contribution < -0.4 is 0 Å². The smallest absolute Gasteiger partial charge is 0.334 e. The Bertz CT molecular complexity index is 1090. The van der Waals surface area contributed by atoms with E-state index in [9.17, 15) is 19.1 Å². The number of halogens is 3. The van der Waals surface area contributed by atoms with Crippen LogP contribution in [0.1, 0.15) is 28.4 Å². The van der Waals surface area contributed by atoms with Gasteiger partial charge in [0.1, 0.15) is 5.82 Å². The molecule has 0 bridgehead atoms. The van der Waals surface area contributed by atoms with E-state index in [1.165, 1.54) is 49.5 Å². The highest BCUT2D eigenvalue weighted by Crippen LogP contribution is 2.37. The molecule has 1 unspecified atom stereocenters. The van der Waals surface area contributed by atoms with Gasteiger partial charge in [0.2, 0.25) is 0 Å². The largest absolute Gasteiger partial charge is 0.479 e. The molecule has 154 valence electrons. The molecule has 0 spiro atoms. The number of rotatable bonds is 6. The van der Waals surface area contributed by atoms with E-state index < -0.39 is 23.2 Å². The number of carboxylic acids is 1.